The van der Waals surface area contributed by atoms with E-state index in [4.69, 9.17) is 23.7 Å². The molecule has 0 fully saturated rings. The highest BCUT2D eigenvalue weighted by Crippen LogP contribution is 2.46. The quantitative estimate of drug-likeness (QED) is 0.773. The molecule has 0 amide bonds. The zero-order valence-corrected chi connectivity index (χ0v) is 17.4. The standard InChI is InChI=1S/C23H25NO6/c1-13(25)28-11-18-15-4-5-19-23(30-12-29-19)17(15)10-24-7-6-14-8-20(26-2)21(27-3)9-16(14)22(18)24/h4-5,8-9,18,22H,6-7,10-12H2,1-3H3/p+1/t18-,22-/m0/s1. The molecule has 1 unspecified atom stereocenters. The predicted octanol–water partition coefficient (Wildman–Crippen LogP) is 1.78. The van der Waals surface area contributed by atoms with Crippen molar-refractivity contribution in [2.75, 3.05) is 34.2 Å². The van der Waals surface area contributed by atoms with Crippen molar-refractivity contribution in [2.24, 2.45) is 0 Å². The van der Waals surface area contributed by atoms with Crippen LogP contribution in [0, 0.1) is 0 Å². The van der Waals surface area contributed by atoms with Gasteiger partial charge in [0, 0.05) is 18.9 Å². The molecule has 7 nitrogen and oxygen atoms in total. The zero-order valence-electron chi connectivity index (χ0n) is 17.4. The molecule has 3 atom stereocenters. The second-order valence-corrected chi connectivity index (χ2v) is 7.99. The van der Waals surface area contributed by atoms with Crippen LogP contribution >= 0.6 is 0 Å². The number of fused-ring (bicyclic) bond motifs is 6. The van der Waals surface area contributed by atoms with Gasteiger partial charge in [-0.1, -0.05) is 6.07 Å². The van der Waals surface area contributed by atoms with Crippen molar-refractivity contribution in [3.05, 3.63) is 46.5 Å². The topological polar surface area (TPSA) is 67.7 Å². The van der Waals surface area contributed by atoms with Crippen LogP contribution < -0.4 is 23.8 Å². The average molecular weight is 412 g/mol. The Balaban J connectivity index is 1.64. The molecule has 0 aliphatic carbocycles. The van der Waals surface area contributed by atoms with E-state index in [9.17, 15) is 4.79 Å². The summed E-state index contributed by atoms with van der Waals surface area (Å²) in [6.07, 6.45) is 0.948. The molecule has 3 aliphatic rings. The normalized spacial score (nSPS) is 23.1. The second kappa shape index (κ2) is 7.40. The maximum Gasteiger partial charge on any atom is 0.302 e. The third-order valence-electron chi connectivity index (χ3n) is 6.49. The van der Waals surface area contributed by atoms with E-state index in [0.29, 0.717) is 6.61 Å². The number of hydrogen-bond acceptors (Lipinski definition) is 6. The highest BCUT2D eigenvalue weighted by atomic mass is 16.7. The molecule has 0 spiro atoms. The van der Waals surface area contributed by atoms with E-state index >= 15 is 0 Å². The summed E-state index contributed by atoms with van der Waals surface area (Å²) in [6.45, 7) is 3.85. The SMILES string of the molecule is COc1cc2c(cc1OC)[C@H]1[C@@H](COC(C)=O)c3ccc4c(c3C[NH+]1CC2)OCO4. The molecule has 1 N–H and O–H groups in total. The third kappa shape index (κ3) is 2.96. The van der Waals surface area contributed by atoms with Gasteiger partial charge in [-0.15, -0.1) is 0 Å². The fourth-order valence-corrected chi connectivity index (χ4v) is 5.19. The number of carbonyl (C=O) groups excluding carboxylic acids is 1. The highest BCUT2D eigenvalue weighted by Gasteiger charge is 2.45. The lowest BCUT2D eigenvalue weighted by atomic mass is 9.76. The molecule has 3 aliphatic heterocycles. The van der Waals surface area contributed by atoms with Gasteiger partial charge in [-0.2, -0.15) is 0 Å². The molecule has 0 aromatic heterocycles. The van der Waals surface area contributed by atoms with Gasteiger partial charge in [-0.05, 0) is 29.3 Å². The van der Waals surface area contributed by atoms with Gasteiger partial charge >= 0.3 is 5.97 Å². The number of quaternary nitrogens is 1. The fraction of sp³-hybridized carbons (Fsp3) is 0.435. The van der Waals surface area contributed by atoms with Crippen molar-refractivity contribution in [1.82, 2.24) is 0 Å². The van der Waals surface area contributed by atoms with Crippen molar-refractivity contribution in [3.8, 4) is 23.0 Å². The Morgan fingerprint density at radius 2 is 1.93 bits per heavy atom. The maximum atomic E-state index is 11.7. The summed E-state index contributed by atoms with van der Waals surface area (Å²) in [7, 11) is 3.32. The highest BCUT2D eigenvalue weighted by molar-refractivity contribution is 5.66. The first kappa shape index (κ1) is 19.1. The van der Waals surface area contributed by atoms with Crippen LogP contribution in [0.4, 0.5) is 0 Å². The second-order valence-electron chi connectivity index (χ2n) is 7.99. The molecule has 0 saturated carbocycles. The van der Waals surface area contributed by atoms with Crippen LogP contribution in [0.5, 0.6) is 23.0 Å². The van der Waals surface area contributed by atoms with Gasteiger partial charge in [0.2, 0.25) is 6.79 Å². The van der Waals surface area contributed by atoms with Gasteiger partial charge in [0.1, 0.15) is 19.2 Å². The Bertz CT molecular complexity index is 1000. The van der Waals surface area contributed by atoms with E-state index in [1.54, 1.807) is 14.2 Å². The molecule has 0 saturated heterocycles. The van der Waals surface area contributed by atoms with Crippen molar-refractivity contribution < 1.29 is 33.4 Å². The van der Waals surface area contributed by atoms with Crippen LogP contribution in [-0.4, -0.2) is 40.1 Å². The van der Waals surface area contributed by atoms with E-state index in [-0.39, 0.29) is 24.7 Å². The van der Waals surface area contributed by atoms with Crippen molar-refractivity contribution in [1.29, 1.82) is 0 Å². The Morgan fingerprint density at radius 1 is 1.13 bits per heavy atom. The predicted molar refractivity (Wildman–Crippen MR) is 107 cm³/mol. The van der Waals surface area contributed by atoms with Gasteiger partial charge in [0.25, 0.3) is 0 Å². The number of carbonyl (C=O) groups is 1. The molecule has 5 rings (SSSR count). The summed E-state index contributed by atoms with van der Waals surface area (Å²) < 4.78 is 28.1. The Kier molecular flexibility index (Phi) is 4.70. The van der Waals surface area contributed by atoms with Crippen LogP contribution in [0.1, 0.15) is 41.1 Å². The average Bonchev–Trinajstić information content (AvgIpc) is 3.24. The molecule has 30 heavy (non-hydrogen) atoms. The lowest BCUT2D eigenvalue weighted by Gasteiger charge is -2.43. The van der Waals surface area contributed by atoms with Gasteiger partial charge in [0.15, 0.2) is 23.0 Å². The summed E-state index contributed by atoms with van der Waals surface area (Å²) in [4.78, 5) is 13.1. The van der Waals surface area contributed by atoms with Crippen LogP contribution in [-0.2, 0) is 22.5 Å². The number of ether oxygens (including phenoxy) is 5. The summed E-state index contributed by atoms with van der Waals surface area (Å²) in [6, 6.07) is 8.40. The van der Waals surface area contributed by atoms with Crippen molar-refractivity contribution >= 4 is 5.97 Å². The Morgan fingerprint density at radius 3 is 2.70 bits per heavy atom. The lowest BCUT2D eigenvalue weighted by Crippen LogP contribution is -3.13. The molecule has 158 valence electrons. The molecular formula is C23H26NO6+. The molecule has 2 aromatic rings. The van der Waals surface area contributed by atoms with Gasteiger partial charge in [-0.3, -0.25) is 4.79 Å². The Hall–Kier alpha value is -2.93. The number of hydrogen-bond donors (Lipinski definition) is 1. The number of nitrogens with one attached hydrogen (secondary N) is 1. The van der Waals surface area contributed by atoms with Crippen LogP contribution in [0.15, 0.2) is 24.3 Å². The van der Waals surface area contributed by atoms with Gasteiger partial charge < -0.3 is 28.6 Å². The molecular weight excluding hydrogens is 386 g/mol. The lowest BCUT2D eigenvalue weighted by molar-refractivity contribution is -0.951. The van der Waals surface area contributed by atoms with Crippen LogP contribution in [0.25, 0.3) is 0 Å². The summed E-state index contributed by atoms with van der Waals surface area (Å²) in [5.74, 6) is 2.84. The number of methoxy groups -OCH3 is 2. The van der Waals surface area contributed by atoms with E-state index in [2.05, 4.69) is 18.2 Å². The molecule has 2 aromatic carbocycles. The fourth-order valence-electron chi connectivity index (χ4n) is 5.19. The minimum absolute atomic E-state index is 0.0132. The van der Waals surface area contributed by atoms with Crippen molar-refractivity contribution in [3.63, 3.8) is 0 Å². The minimum atomic E-state index is -0.271. The zero-order chi connectivity index (χ0) is 20.8. The summed E-state index contributed by atoms with van der Waals surface area (Å²) in [5, 5.41) is 0. The van der Waals surface area contributed by atoms with Crippen LogP contribution in [0.2, 0.25) is 0 Å². The summed E-state index contributed by atoms with van der Waals surface area (Å²) in [5.41, 5.74) is 4.82. The van der Waals surface area contributed by atoms with Crippen LogP contribution in [0.3, 0.4) is 0 Å². The van der Waals surface area contributed by atoms with E-state index in [0.717, 1.165) is 53.6 Å². The Labute approximate surface area is 175 Å². The van der Waals surface area contributed by atoms with Gasteiger partial charge in [0.05, 0.1) is 32.2 Å². The number of rotatable bonds is 4. The molecule has 7 heteroatoms. The van der Waals surface area contributed by atoms with E-state index in [1.807, 2.05) is 6.07 Å². The van der Waals surface area contributed by atoms with Gasteiger partial charge in [-0.25, -0.2) is 0 Å². The largest absolute Gasteiger partial charge is 0.493 e. The molecule has 0 bridgehead atoms. The number of benzene rings is 2. The maximum absolute atomic E-state index is 11.7. The van der Waals surface area contributed by atoms with E-state index in [1.165, 1.54) is 23.0 Å². The first-order valence-electron chi connectivity index (χ1n) is 10.2. The molecule has 3 heterocycles. The van der Waals surface area contributed by atoms with E-state index < -0.39 is 0 Å². The number of esters is 1. The van der Waals surface area contributed by atoms with Crippen molar-refractivity contribution in [2.45, 2.75) is 31.8 Å². The first-order chi connectivity index (χ1) is 14.6. The smallest absolute Gasteiger partial charge is 0.302 e. The summed E-state index contributed by atoms with van der Waals surface area (Å²) >= 11 is 0. The minimum Gasteiger partial charge on any atom is -0.493 e. The molecule has 0 radical (unpaired) electrons. The first-order valence-corrected chi connectivity index (χ1v) is 10.2. The third-order valence-corrected chi connectivity index (χ3v) is 6.49. The monoisotopic (exact) mass is 412 g/mol.